The number of fused-ring (bicyclic) bond motifs is 1. The monoisotopic (exact) mass is 421 g/mol. The summed E-state index contributed by atoms with van der Waals surface area (Å²) in [6, 6.07) is -1.20. The van der Waals surface area contributed by atoms with Gasteiger partial charge in [0.25, 0.3) is 5.91 Å². The smallest absolute Gasteiger partial charge is 0.341 e. The molecule has 1 aliphatic carbocycles. The van der Waals surface area contributed by atoms with Crippen LogP contribution in [0, 0.1) is 0 Å². The van der Waals surface area contributed by atoms with Crippen molar-refractivity contribution in [2.45, 2.75) is 50.7 Å². The van der Waals surface area contributed by atoms with Gasteiger partial charge in [-0.1, -0.05) is 19.3 Å². The number of rotatable bonds is 5. The number of nitrogens with zero attached hydrogens (tertiary/aromatic N) is 2. The van der Waals surface area contributed by atoms with E-state index in [2.05, 4.69) is 10.1 Å². The van der Waals surface area contributed by atoms with Crippen LogP contribution < -0.4 is 10.7 Å². The number of methoxy groups -OCH3 is 1. The molecule has 3 rings (SSSR count). The van der Waals surface area contributed by atoms with Crippen molar-refractivity contribution >= 4 is 23.8 Å². The molecule has 0 bridgehead atoms. The molecule has 1 aromatic rings. The zero-order valence-corrected chi connectivity index (χ0v) is 16.4. The first-order valence-electron chi connectivity index (χ1n) is 9.62. The first kappa shape index (κ1) is 21.3. The number of hydrogen-bond donors (Lipinski definition) is 3. The van der Waals surface area contributed by atoms with Gasteiger partial charge in [0.2, 0.25) is 11.3 Å². The van der Waals surface area contributed by atoms with E-state index in [1.807, 2.05) is 0 Å². The second kappa shape index (κ2) is 8.56. The number of carboxylic acids is 1. The fourth-order valence-corrected chi connectivity index (χ4v) is 3.89. The standard InChI is InChI=1S/C19H23N3O8/c1-30-13(23)9-22-12(17(26)20-10-5-3-2-4-6-10)8-21-7-11(19(28)29)15(24)16(25)14(21)18(22)27/h7,10,12,25H,2-6,8-9H2,1H3,(H,20,26)(H,28,29)/t12-/m1/s1. The maximum Gasteiger partial charge on any atom is 0.341 e. The lowest BCUT2D eigenvalue weighted by molar-refractivity contribution is -0.142. The van der Waals surface area contributed by atoms with E-state index in [0.717, 1.165) is 54.9 Å². The fraction of sp³-hybridized carbons (Fsp3) is 0.526. The highest BCUT2D eigenvalue weighted by atomic mass is 16.5. The third-order valence-electron chi connectivity index (χ3n) is 5.48. The Bertz CT molecular complexity index is 948. The molecule has 0 spiro atoms. The van der Waals surface area contributed by atoms with Crippen molar-refractivity contribution in [3.63, 3.8) is 0 Å². The van der Waals surface area contributed by atoms with Crippen LogP contribution in [-0.2, 0) is 20.9 Å². The van der Waals surface area contributed by atoms with E-state index in [0.29, 0.717) is 0 Å². The van der Waals surface area contributed by atoms with Crippen LogP contribution in [0.25, 0.3) is 0 Å². The van der Waals surface area contributed by atoms with Gasteiger partial charge >= 0.3 is 11.9 Å². The second-order valence-corrected chi connectivity index (χ2v) is 7.40. The summed E-state index contributed by atoms with van der Waals surface area (Å²) in [5.74, 6) is -4.84. The molecule has 11 nitrogen and oxygen atoms in total. The molecule has 11 heteroatoms. The second-order valence-electron chi connectivity index (χ2n) is 7.40. The highest BCUT2D eigenvalue weighted by Gasteiger charge is 2.41. The predicted octanol–water partition coefficient (Wildman–Crippen LogP) is -0.302. The minimum Gasteiger partial charge on any atom is -0.503 e. The lowest BCUT2D eigenvalue weighted by Gasteiger charge is -2.37. The van der Waals surface area contributed by atoms with Crippen molar-refractivity contribution < 1.29 is 34.1 Å². The summed E-state index contributed by atoms with van der Waals surface area (Å²) >= 11 is 0. The van der Waals surface area contributed by atoms with Crippen LogP contribution in [-0.4, -0.2) is 69.2 Å². The van der Waals surface area contributed by atoms with Gasteiger partial charge in [-0.05, 0) is 12.8 Å². The number of esters is 1. The van der Waals surface area contributed by atoms with E-state index in [9.17, 15) is 34.2 Å². The Balaban J connectivity index is 2.00. The Kier molecular flexibility index (Phi) is 6.09. The topological polar surface area (TPSA) is 155 Å². The van der Waals surface area contributed by atoms with Crippen LogP contribution >= 0.6 is 0 Å². The summed E-state index contributed by atoms with van der Waals surface area (Å²) < 4.78 is 5.67. The van der Waals surface area contributed by atoms with Gasteiger partial charge in [-0.25, -0.2) is 4.79 Å². The first-order chi connectivity index (χ1) is 14.2. The van der Waals surface area contributed by atoms with Crippen LogP contribution in [0.2, 0.25) is 0 Å². The number of aromatic nitrogens is 1. The number of hydrogen-bond acceptors (Lipinski definition) is 7. The molecule has 2 amide bonds. The van der Waals surface area contributed by atoms with E-state index < -0.39 is 58.8 Å². The molecular weight excluding hydrogens is 398 g/mol. The first-order valence-corrected chi connectivity index (χ1v) is 9.62. The minimum absolute atomic E-state index is 0.0558. The van der Waals surface area contributed by atoms with Gasteiger partial charge in [0.1, 0.15) is 18.2 Å². The van der Waals surface area contributed by atoms with Crippen molar-refractivity contribution in [3.8, 4) is 5.75 Å². The van der Waals surface area contributed by atoms with Crippen molar-refractivity contribution in [1.82, 2.24) is 14.8 Å². The van der Waals surface area contributed by atoms with Crippen LogP contribution in [0.4, 0.5) is 0 Å². The molecule has 1 aromatic heterocycles. The molecule has 2 aliphatic rings. The molecule has 1 saturated carbocycles. The van der Waals surface area contributed by atoms with Crippen LogP contribution in [0.1, 0.15) is 53.0 Å². The number of pyridine rings is 1. The number of aromatic carboxylic acids is 1. The van der Waals surface area contributed by atoms with E-state index in [-0.39, 0.29) is 12.6 Å². The third kappa shape index (κ3) is 4.00. The average Bonchev–Trinajstić information content (AvgIpc) is 2.72. The number of nitrogens with one attached hydrogen (secondary N) is 1. The normalized spacial score (nSPS) is 19.2. The molecular formula is C19H23N3O8. The molecule has 1 fully saturated rings. The SMILES string of the molecule is COC(=O)CN1C(=O)c2c(O)c(=O)c(C(=O)O)cn2C[C@@H]1C(=O)NC1CCCCC1. The van der Waals surface area contributed by atoms with Crippen molar-refractivity contribution in [2.24, 2.45) is 0 Å². The predicted molar refractivity (Wildman–Crippen MR) is 101 cm³/mol. The third-order valence-corrected chi connectivity index (χ3v) is 5.48. The van der Waals surface area contributed by atoms with Gasteiger partial charge < -0.3 is 29.7 Å². The zero-order chi connectivity index (χ0) is 22.0. The molecule has 3 N–H and O–H groups in total. The molecule has 0 unspecified atom stereocenters. The molecule has 0 saturated heterocycles. The maximum absolute atomic E-state index is 13.0. The zero-order valence-electron chi connectivity index (χ0n) is 16.4. The molecule has 1 atom stereocenters. The summed E-state index contributed by atoms with van der Waals surface area (Å²) in [7, 11) is 1.13. The van der Waals surface area contributed by atoms with E-state index in [4.69, 9.17) is 0 Å². The fourth-order valence-electron chi connectivity index (χ4n) is 3.89. The summed E-state index contributed by atoms with van der Waals surface area (Å²) in [5.41, 5.74) is -2.42. The number of carbonyl (C=O) groups excluding carboxylic acids is 3. The Labute approximate surface area is 171 Å². The van der Waals surface area contributed by atoms with Crippen LogP contribution in [0.3, 0.4) is 0 Å². The number of carboxylic acid groups (broad SMARTS) is 1. The van der Waals surface area contributed by atoms with Crippen molar-refractivity contribution in [1.29, 1.82) is 0 Å². The van der Waals surface area contributed by atoms with Gasteiger partial charge in [-0.2, -0.15) is 0 Å². The lowest BCUT2D eigenvalue weighted by atomic mass is 9.95. The van der Waals surface area contributed by atoms with Crippen LogP contribution in [0.15, 0.2) is 11.0 Å². The van der Waals surface area contributed by atoms with Gasteiger partial charge in [0, 0.05) is 12.2 Å². The van der Waals surface area contributed by atoms with Gasteiger partial charge in [-0.3, -0.25) is 19.2 Å². The Morgan fingerprint density at radius 1 is 1.20 bits per heavy atom. The summed E-state index contributed by atoms with van der Waals surface area (Å²) in [5, 5.41) is 22.3. The lowest BCUT2D eigenvalue weighted by Crippen LogP contribution is -2.58. The summed E-state index contributed by atoms with van der Waals surface area (Å²) in [6.45, 7) is -0.795. The highest BCUT2D eigenvalue weighted by Crippen LogP contribution is 2.25. The van der Waals surface area contributed by atoms with Gasteiger partial charge in [-0.15, -0.1) is 0 Å². The Morgan fingerprint density at radius 2 is 1.87 bits per heavy atom. The van der Waals surface area contributed by atoms with E-state index in [1.165, 1.54) is 0 Å². The number of ether oxygens (including phenoxy) is 1. The largest absolute Gasteiger partial charge is 0.503 e. The van der Waals surface area contributed by atoms with Crippen LogP contribution in [0.5, 0.6) is 5.75 Å². The molecule has 2 heterocycles. The molecule has 1 aliphatic heterocycles. The van der Waals surface area contributed by atoms with E-state index >= 15 is 0 Å². The molecule has 0 aromatic carbocycles. The Morgan fingerprint density at radius 3 is 2.47 bits per heavy atom. The summed E-state index contributed by atoms with van der Waals surface area (Å²) in [4.78, 5) is 62.1. The maximum atomic E-state index is 13.0. The number of carbonyl (C=O) groups is 4. The van der Waals surface area contributed by atoms with Crippen molar-refractivity contribution in [2.75, 3.05) is 13.7 Å². The molecule has 0 radical (unpaired) electrons. The van der Waals surface area contributed by atoms with E-state index in [1.54, 1.807) is 0 Å². The average molecular weight is 421 g/mol. The highest BCUT2D eigenvalue weighted by molar-refractivity contribution is 6.02. The quantitative estimate of drug-likeness (QED) is 0.547. The molecule has 30 heavy (non-hydrogen) atoms. The van der Waals surface area contributed by atoms with Gasteiger partial charge in [0.05, 0.1) is 13.7 Å². The van der Waals surface area contributed by atoms with Gasteiger partial charge in [0.15, 0.2) is 11.4 Å². The number of aromatic hydroxyl groups is 1. The molecule has 162 valence electrons. The minimum atomic E-state index is -1.57. The Hall–Kier alpha value is -3.37. The van der Waals surface area contributed by atoms with Crippen molar-refractivity contribution in [3.05, 3.63) is 27.7 Å². The summed E-state index contributed by atoms with van der Waals surface area (Å²) in [6.07, 6.45) is 5.56. The number of amides is 2.